The van der Waals surface area contributed by atoms with Gasteiger partial charge in [-0.3, -0.25) is 0 Å². The van der Waals surface area contributed by atoms with Crippen LogP contribution in [0.25, 0.3) is 87.5 Å². The van der Waals surface area contributed by atoms with Crippen LogP contribution in [0.4, 0.5) is 0 Å². The molecule has 3 aliphatic carbocycles. The first-order valence-electron chi connectivity index (χ1n) is 21.3. The molecular weight excluding hydrogens is 755 g/mol. The van der Waals surface area contributed by atoms with Gasteiger partial charge >= 0.3 is 0 Å². The molecule has 1 aromatic heterocycles. The van der Waals surface area contributed by atoms with Crippen molar-refractivity contribution < 1.29 is 0 Å². The second-order valence-corrected chi connectivity index (χ2v) is 18.4. The minimum absolute atomic E-state index is 0.193. The molecule has 61 heavy (non-hydrogen) atoms. The van der Waals surface area contributed by atoms with Gasteiger partial charge in [-0.25, -0.2) is 4.98 Å². The Morgan fingerprint density at radius 1 is 0.361 bits per heavy atom. The maximum absolute atomic E-state index is 5.25. The van der Waals surface area contributed by atoms with Gasteiger partial charge in [0.25, 0.3) is 0 Å². The largest absolute Gasteiger partial charge is 0.235 e. The number of fused-ring (bicyclic) bond motifs is 12. The van der Waals surface area contributed by atoms with Crippen molar-refractivity contribution in [3.05, 3.63) is 234 Å². The van der Waals surface area contributed by atoms with Crippen LogP contribution in [-0.2, 0) is 10.8 Å². The molecule has 1 heterocycles. The van der Waals surface area contributed by atoms with E-state index in [2.05, 4.69) is 214 Å². The molecular formula is C59H39NS. The van der Waals surface area contributed by atoms with Crippen LogP contribution in [0.15, 0.2) is 200 Å². The summed E-state index contributed by atoms with van der Waals surface area (Å²) in [5, 5.41) is 3.69. The molecule has 10 aromatic rings. The first kappa shape index (κ1) is 34.7. The van der Waals surface area contributed by atoms with Crippen LogP contribution >= 0.6 is 11.3 Å². The van der Waals surface area contributed by atoms with Gasteiger partial charge in [-0.15, -0.1) is 11.3 Å². The number of benzene rings is 9. The van der Waals surface area contributed by atoms with Gasteiger partial charge in [-0.2, -0.15) is 0 Å². The van der Waals surface area contributed by atoms with Crippen molar-refractivity contribution in [2.24, 2.45) is 0 Å². The highest BCUT2D eigenvalue weighted by Crippen LogP contribution is 2.64. The molecule has 0 atom stereocenters. The fourth-order valence-electron chi connectivity index (χ4n) is 11.2. The number of aromatic nitrogens is 1. The van der Waals surface area contributed by atoms with Crippen molar-refractivity contribution in [3.63, 3.8) is 0 Å². The Balaban J connectivity index is 0.946. The van der Waals surface area contributed by atoms with Crippen LogP contribution in [0.2, 0.25) is 0 Å². The summed E-state index contributed by atoms with van der Waals surface area (Å²) in [7, 11) is 0. The summed E-state index contributed by atoms with van der Waals surface area (Å²) >= 11 is 1.76. The van der Waals surface area contributed by atoms with Crippen molar-refractivity contribution in [2.75, 3.05) is 0 Å². The number of nitrogens with zero attached hydrogens (tertiary/aromatic N) is 1. The van der Waals surface area contributed by atoms with E-state index in [-0.39, 0.29) is 5.41 Å². The highest BCUT2D eigenvalue weighted by atomic mass is 32.1. The number of hydrogen-bond donors (Lipinski definition) is 0. The first-order chi connectivity index (χ1) is 30.0. The summed E-state index contributed by atoms with van der Waals surface area (Å²) in [4.78, 5) is 6.44. The van der Waals surface area contributed by atoms with E-state index in [1.54, 1.807) is 11.3 Å². The molecule has 0 aliphatic heterocycles. The average molecular weight is 794 g/mol. The third-order valence-electron chi connectivity index (χ3n) is 13.9. The lowest BCUT2D eigenvalue weighted by atomic mass is 9.61. The molecule has 13 rings (SSSR count). The van der Waals surface area contributed by atoms with E-state index in [0.29, 0.717) is 0 Å². The summed E-state index contributed by atoms with van der Waals surface area (Å²) < 4.78 is 0. The van der Waals surface area contributed by atoms with E-state index in [0.717, 1.165) is 21.8 Å². The van der Waals surface area contributed by atoms with Crippen LogP contribution < -0.4 is 0 Å². The van der Waals surface area contributed by atoms with E-state index < -0.39 is 5.41 Å². The quantitative estimate of drug-likeness (QED) is 0.173. The highest BCUT2D eigenvalue weighted by molar-refractivity contribution is 7.19. The predicted octanol–water partition coefficient (Wildman–Crippen LogP) is 15.6. The van der Waals surface area contributed by atoms with Crippen molar-refractivity contribution in [1.29, 1.82) is 0 Å². The Morgan fingerprint density at radius 2 is 0.885 bits per heavy atom. The van der Waals surface area contributed by atoms with E-state index >= 15 is 0 Å². The third-order valence-corrected chi connectivity index (χ3v) is 15.1. The Morgan fingerprint density at radius 3 is 1.61 bits per heavy atom. The molecule has 0 saturated carbocycles. The zero-order valence-corrected chi connectivity index (χ0v) is 34.7. The molecule has 2 heteroatoms. The van der Waals surface area contributed by atoms with E-state index in [9.17, 15) is 0 Å². The summed E-state index contributed by atoms with van der Waals surface area (Å²) in [6, 6.07) is 74.6. The predicted molar refractivity (Wildman–Crippen MR) is 255 cm³/mol. The number of hydrogen-bond acceptors (Lipinski definition) is 2. The van der Waals surface area contributed by atoms with Gasteiger partial charge in [0.15, 0.2) is 0 Å². The second-order valence-electron chi connectivity index (χ2n) is 17.4. The molecule has 1 spiro atoms. The van der Waals surface area contributed by atoms with Crippen LogP contribution in [-0.4, -0.2) is 4.98 Å². The minimum Gasteiger partial charge on any atom is -0.235 e. The Bertz CT molecular complexity index is 3320. The van der Waals surface area contributed by atoms with Gasteiger partial charge in [0.1, 0.15) is 5.01 Å². The second kappa shape index (κ2) is 12.7. The lowest BCUT2D eigenvalue weighted by molar-refractivity contribution is 0.659. The molecule has 9 aromatic carbocycles. The SMILES string of the molecule is CC1(C)c2cc(-c3ccc(-c4nc(-c5ccccc5)c(-c5ccccc5)s4)cc3)ccc2-c2cc3c(cc21)-c1cccc2cccc(c12)C31c2ccccc2-c2ccccc21. The van der Waals surface area contributed by atoms with Gasteiger partial charge in [-0.1, -0.05) is 196 Å². The third kappa shape index (κ3) is 4.74. The van der Waals surface area contributed by atoms with Gasteiger partial charge in [0.2, 0.25) is 0 Å². The monoisotopic (exact) mass is 793 g/mol. The van der Waals surface area contributed by atoms with Crippen molar-refractivity contribution in [2.45, 2.75) is 24.7 Å². The molecule has 0 radical (unpaired) electrons. The molecule has 0 saturated heterocycles. The molecule has 286 valence electrons. The normalized spacial score (nSPS) is 14.3. The topological polar surface area (TPSA) is 12.9 Å². The molecule has 3 aliphatic rings. The van der Waals surface area contributed by atoms with E-state index in [1.807, 2.05) is 0 Å². The van der Waals surface area contributed by atoms with Gasteiger partial charge in [0, 0.05) is 16.5 Å². The minimum atomic E-state index is -0.429. The first-order valence-corrected chi connectivity index (χ1v) is 22.1. The van der Waals surface area contributed by atoms with E-state index in [4.69, 9.17) is 4.98 Å². The molecule has 0 N–H and O–H groups in total. The molecule has 0 bridgehead atoms. The number of thiazole rings is 1. The lowest BCUT2D eigenvalue weighted by Crippen LogP contribution is -2.32. The fraction of sp³-hybridized carbons (Fsp3) is 0.0678. The average Bonchev–Trinajstić information content (AvgIpc) is 3.96. The smallest absolute Gasteiger partial charge is 0.124 e. The summed E-state index contributed by atoms with van der Waals surface area (Å²) in [6.07, 6.45) is 0. The van der Waals surface area contributed by atoms with Gasteiger partial charge in [-0.05, 0) is 112 Å². The van der Waals surface area contributed by atoms with Crippen LogP contribution in [0.3, 0.4) is 0 Å². The zero-order chi connectivity index (χ0) is 40.5. The van der Waals surface area contributed by atoms with Crippen LogP contribution in [0.5, 0.6) is 0 Å². The molecule has 0 unspecified atom stereocenters. The summed E-state index contributed by atoms with van der Waals surface area (Å²) in [6.45, 7) is 4.84. The highest BCUT2D eigenvalue weighted by Gasteiger charge is 2.51. The van der Waals surface area contributed by atoms with Gasteiger partial charge in [0.05, 0.1) is 16.0 Å². The molecule has 0 fully saturated rings. The Hall–Kier alpha value is -7.13. The van der Waals surface area contributed by atoms with Crippen LogP contribution in [0.1, 0.15) is 47.2 Å². The summed E-state index contributed by atoms with van der Waals surface area (Å²) in [5.74, 6) is 0. The maximum Gasteiger partial charge on any atom is 0.124 e. The maximum atomic E-state index is 5.25. The van der Waals surface area contributed by atoms with Gasteiger partial charge < -0.3 is 0 Å². The van der Waals surface area contributed by atoms with E-state index in [1.165, 1.54) is 99.1 Å². The Labute approximate surface area is 360 Å². The standard InChI is InChI=1S/C59H39NS/c1-58(2)51-33-41(36-27-29-40(30-28-36)57-60-55(38-15-5-3-6-16-38)56(61-57)39-17-7-4-8-18-39)31-32-44(51)46-35-53-47(34-52(46)58)45-23-13-19-37-20-14-26-50(54(37)45)59(53)48-24-11-9-21-42(48)43-22-10-12-25-49(43)59/h3-35H,1-2H3. The summed E-state index contributed by atoms with van der Waals surface area (Å²) in [5.41, 5.74) is 22.6. The van der Waals surface area contributed by atoms with Crippen molar-refractivity contribution >= 4 is 22.1 Å². The van der Waals surface area contributed by atoms with Crippen molar-refractivity contribution in [3.8, 4) is 76.8 Å². The lowest BCUT2D eigenvalue weighted by Gasteiger charge is -2.40. The Kier molecular flexibility index (Phi) is 7.22. The fourth-order valence-corrected chi connectivity index (χ4v) is 12.3. The van der Waals surface area contributed by atoms with Crippen molar-refractivity contribution in [1.82, 2.24) is 4.98 Å². The molecule has 1 nitrogen and oxygen atoms in total. The number of rotatable bonds is 4. The molecule has 0 amide bonds. The zero-order valence-electron chi connectivity index (χ0n) is 33.9. The van der Waals surface area contributed by atoms with Crippen LogP contribution in [0, 0.1) is 0 Å².